The highest BCUT2D eigenvalue weighted by atomic mass is 32.1. The van der Waals surface area contributed by atoms with Gasteiger partial charge in [0.2, 0.25) is 5.13 Å². The molecule has 1 fully saturated rings. The Morgan fingerprint density at radius 3 is 2.58 bits per heavy atom. The molecule has 2 heterocycles. The summed E-state index contributed by atoms with van der Waals surface area (Å²) in [6.45, 7) is 8.03. The first-order valence-corrected chi connectivity index (χ1v) is 9.46. The van der Waals surface area contributed by atoms with Crippen molar-refractivity contribution in [3.63, 3.8) is 0 Å². The molecule has 24 heavy (non-hydrogen) atoms. The lowest BCUT2D eigenvalue weighted by molar-refractivity contribution is 0.198. The summed E-state index contributed by atoms with van der Waals surface area (Å²) >= 11 is 1.60. The van der Waals surface area contributed by atoms with Crippen LogP contribution in [0.15, 0.2) is 24.3 Å². The normalized spacial score (nSPS) is 16.7. The van der Waals surface area contributed by atoms with Gasteiger partial charge in [0.15, 0.2) is 0 Å². The minimum Gasteiger partial charge on any atom is -0.357 e. The van der Waals surface area contributed by atoms with Crippen LogP contribution in [0.2, 0.25) is 0 Å². The molecule has 1 aromatic heterocycles. The quantitative estimate of drug-likeness (QED) is 0.862. The van der Waals surface area contributed by atoms with Crippen molar-refractivity contribution in [2.45, 2.75) is 39.2 Å². The van der Waals surface area contributed by atoms with E-state index in [0.29, 0.717) is 12.5 Å². The van der Waals surface area contributed by atoms with Crippen LogP contribution < -0.4 is 5.32 Å². The highest BCUT2D eigenvalue weighted by Gasteiger charge is 2.20. The smallest absolute Gasteiger partial charge is 0.205 e. The molecule has 1 saturated heterocycles. The number of nitrogens with one attached hydrogen (secondary N) is 1. The van der Waals surface area contributed by atoms with E-state index in [0.717, 1.165) is 47.6 Å². The third kappa shape index (κ3) is 4.98. The lowest BCUT2D eigenvalue weighted by Gasteiger charge is -2.33. The van der Waals surface area contributed by atoms with Gasteiger partial charge in [-0.05, 0) is 36.5 Å². The summed E-state index contributed by atoms with van der Waals surface area (Å²) in [5.41, 5.74) is 1.06. The number of piperidine rings is 1. The SMILES string of the molecule is CC(C)CN1CCC(Nc2nnc(Cc3ccc(F)cc3)s2)CC1. The Balaban J connectivity index is 1.49. The van der Waals surface area contributed by atoms with E-state index in [-0.39, 0.29) is 5.82 Å². The molecule has 1 N–H and O–H groups in total. The lowest BCUT2D eigenvalue weighted by atomic mass is 10.0. The zero-order chi connectivity index (χ0) is 16.9. The molecule has 0 unspecified atom stereocenters. The van der Waals surface area contributed by atoms with Gasteiger partial charge in [-0.1, -0.05) is 37.3 Å². The van der Waals surface area contributed by atoms with E-state index < -0.39 is 0 Å². The Kier molecular flexibility index (Phi) is 5.79. The zero-order valence-corrected chi connectivity index (χ0v) is 15.2. The predicted octanol–water partition coefficient (Wildman–Crippen LogP) is 3.80. The minimum atomic E-state index is -0.206. The van der Waals surface area contributed by atoms with Crippen LogP contribution in [-0.2, 0) is 6.42 Å². The van der Waals surface area contributed by atoms with Crippen LogP contribution in [0.5, 0.6) is 0 Å². The first kappa shape index (κ1) is 17.3. The van der Waals surface area contributed by atoms with Gasteiger partial charge in [-0.15, -0.1) is 10.2 Å². The van der Waals surface area contributed by atoms with Gasteiger partial charge in [-0.2, -0.15) is 0 Å². The second-order valence-corrected chi connectivity index (χ2v) is 7.98. The van der Waals surface area contributed by atoms with Gasteiger partial charge in [-0.3, -0.25) is 0 Å². The van der Waals surface area contributed by atoms with Crippen LogP contribution in [0.3, 0.4) is 0 Å². The van der Waals surface area contributed by atoms with Crippen LogP contribution in [0, 0.1) is 11.7 Å². The van der Waals surface area contributed by atoms with Crippen molar-refractivity contribution in [3.8, 4) is 0 Å². The van der Waals surface area contributed by atoms with E-state index in [1.165, 1.54) is 18.7 Å². The number of likely N-dealkylation sites (tertiary alicyclic amines) is 1. The maximum absolute atomic E-state index is 12.9. The molecule has 2 aromatic rings. The van der Waals surface area contributed by atoms with Crippen molar-refractivity contribution in [2.75, 3.05) is 25.0 Å². The van der Waals surface area contributed by atoms with Gasteiger partial charge in [0.1, 0.15) is 10.8 Å². The molecule has 3 rings (SSSR count). The first-order chi connectivity index (χ1) is 11.6. The molecule has 1 aromatic carbocycles. The molecule has 0 bridgehead atoms. The van der Waals surface area contributed by atoms with E-state index in [2.05, 4.69) is 34.3 Å². The molecule has 130 valence electrons. The second-order valence-electron chi connectivity index (χ2n) is 6.92. The number of halogens is 1. The Morgan fingerprint density at radius 1 is 1.21 bits per heavy atom. The second kappa shape index (κ2) is 8.03. The van der Waals surface area contributed by atoms with E-state index >= 15 is 0 Å². The molecule has 0 atom stereocenters. The minimum absolute atomic E-state index is 0.206. The summed E-state index contributed by atoms with van der Waals surface area (Å²) in [6, 6.07) is 7.06. The number of aromatic nitrogens is 2. The van der Waals surface area contributed by atoms with E-state index in [1.807, 2.05) is 0 Å². The number of nitrogens with zero attached hydrogens (tertiary/aromatic N) is 3. The van der Waals surface area contributed by atoms with Crippen LogP contribution in [0.25, 0.3) is 0 Å². The van der Waals surface area contributed by atoms with Crippen LogP contribution >= 0.6 is 11.3 Å². The van der Waals surface area contributed by atoms with Gasteiger partial charge in [0.05, 0.1) is 0 Å². The molecule has 1 aliphatic heterocycles. The molecule has 0 aliphatic carbocycles. The van der Waals surface area contributed by atoms with E-state index in [9.17, 15) is 4.39 Å². The third-order valence-electron chi connectivity index (χ3n) is 4.27. The largest absolute Gasteiger partial charge is 0.357 e. The summed E-state index contributed by atoms with van der Waals surface area (Å²) in [4.78, 5) is 2.54. The Bertz CT molecular complexity index is 633. The van der Waals surface area contributed by atoms with Crippen molar-refractivity contribution in [1.29, 1.82) is 0 Å². The number of anilines is 1. The van der Waals surface area contributed by atoms with Crippen molar-refractivity contribution >= 4 is 16.5 Å². The molecule has 0 saturated carbocycles. The monoisotopic (exact) mass is 348 g/mol. The summed E-state index contributed by atoms with van der Waals surface area (Å²) in [6.07, 6.45) is 3.01. The summed E-state index contributed by atoms with van der Waals surface area (Å²) < 4.78 is 12.9. The van der Waals surface area contributed by atoms with Crippen molar-refractivity contribution < 1.29 is 4.39 Å². The van der Waals surface area contributed by atoms with Gasteiger partial charge in [-0.25, -0.2) is 4.39 Å². The number of benzene rings is 1. The van der Waals surface area contributed by atoms with Crippen molar-refractivity contribution in [1.82, 2.24) is 15.1 Å². The fourth-order valence-corrected chi connectivity index (χ4v) is 3.96. The topological polar surface area (TPSA) is 41.0 Å². The van der Waals surface area contributed by atoms with Gasteiger partial charge in [0.25, 0.3) is 0 Å². The average molecular weight is 348 g/mol. The van der Waals surface area contributed by atoms with E-state index in [1.54, 1.807) is 23.5 Å². The summed E-state index contributed by atoms with van der Waals surface area (Å²) in [7, 11) is 0. The molecule has 4 nitrogen and oxygen atoms in total. The van der Waals surface area contributed by atoms with Crippen molar-refractivity contribution in [2.24, 2.45) is 5.92 Å². The van der Waals surface area contributed by atoms with Gasteiger partial charge >= 0.3 is 0 Å². The number of rotatable bonds is 6. The van der Waals surface area contributed by atoms with Crippen LogP contribution in [0.4, 0.5) is 9.52 Å². The van der Waals surface area contributed by atoms with Crippen LogP contribution in [-0.4, -0.2) is 40.8 Å². The van der Waals surface area contributed by atoms with Gasteiger partial charge < -0.3 is 10.2 Å². The fraction of sp³-hybridized carbons (Fsp3) is 0.556. The van der Waals surface area contributed by atoms with Gasteiger partial charge in [0, 0.05) is 32.1 Å². The first-order valence-electron chi connectivity index (χ1n) is 8.64. The third-order valence-corrected chi connectivity index (χ3v) is 5.13. The highest BCUT2D eigenvalue weighted by molar-refractivity contribution is 7.15. The molecule has 6 heteroatoms. The number of hydrogen-bond donors (Lipinski definition) is 1. The van der Waals surface area contributed by atoms with Crippen molar-refractivity contribution in [3.05, 3.63) is 40.7 Å². The standard InChI is InChI=1S/C18H25FN4S/c1-13(2)12-23-9-7-16(8-10-23)20-18-22-21-17(24-18)11-14-3-5-15(19)6-4-14/h3-6,13,16H,7-12H2,1-2H3,(H,20,22). The Morgan fingerprint density at radius 2 is 1.92 bits per heavy atom. The molecular weight excluding hydrogens is 323 g/mol. The maximum Gasteiger partial charge on any atom is 0.205 e. The Labute approximate surface area is 147 Å². The molecule has 0 spiro atoms. The Hall–Kier alpha value is -1.53. The zero-order valence-electron chi connectivity index (χ0n) is 14.3. The highest BCUT2D eigenvalue weighted by Crippen LogP contribution is 2.22. The fourth-order valence-electron chi connectivity index (χ4n) is 3.11. The molecule has 0 radical (unpaired) electrons. The average Bonchev–Trinajstić information content (AvgIpc) is 2.98. The summed E-state index contributed by atoms with van der Waals surface area (Å²) in [5.74, 6) is 0.522. The summed E-state index contributed by atoms with van der Waals surface area (Å²) in [5, 5.41) is 13.9. The molecule has 1 aliphatic rings. The maximum atomic E-state index is 12.9. The molecule has 0 amide bonds. The van der Waals surface area contributed by atoms with E-state index in [4.69, 9.17) is 0 Å². The predicted molar refractivity (Wildman–Crippen MR) is 97.0 cm³/mol. The number of hydrogen-bond acceptors (Lipinski definition) is 5. The van der Waals surface area contributed by atoms with Crippen LogP contribution in [0.1, 0.15) is 37.3 Å². The lowest BCUT2D eigenvalue weighted by Crippen LogP contribution is -2.40. The molecular formula is C18H25FN4S.